The van der Waals surface area contributed by atoms with Crippen molar-refractivity contribution < 1.29 is 24.5 Å². The number of carboxylic acid groups (broad SMARTS) is 2. The fourth-order valence-corrected chi connectivity index (χ4v) is 3.31. The Morgan fingerprint density at radius 1 is 0.906 bits per heavy atom. The number of carboxylic acids is 2. The highest BCUT2D eigenvalue weighted by molar-refractivity contribution is 6.27. The predicted molar refractivity (Wildman–Crippen MR) is 123 cm³/mol. The van der Waals surface area contributed by atoms with E-state index < -0.39 is 11.9 Å². The van der Waals surface area contributed by atoms with Gasteiger partial charge in [-0.3, -0.25) is 0 Å². The van der Waals surface area contributed by atoms with E-state index in [0.29, 0.717) is 6.61 Å². The molecule has 0 fully saturated rings. The fourth-order valence-electron chi connectivity index (χ4n) is 3.31. The molecule has 7 nitrogen and oxygen atoms in total. The molecule has 1 heterocycles. The Bertz CT molecular complexity index is 1030. The highest BCUT2D eigenvalue weighted by atomic mass is 16.5. The van der Waals surface area contributed by atoms with E-state index in [1.807, 2.05) is 19.1 Å². The first-order chi connectivity index (χ1) is 15.2. The SMILES string of the molecule is CCOc1ccc(-n2c(C)cc(CNCc3ccc(C)cc3)c2C)cc1.O=C(O)C(=O)O. The summed E-state index contributed by atoms with van der Waals surface area (Å²) in [5, 5.41) is 18.3. The highest BCUT2D eigenvalue weighted by Crippen LogP contribution is 2.23. The first-order valence-electron chi connectivity index (χ1n) is 10.4. The second kappa shape index (κ2) is 11.7. The van der Waals surface area contributed by atoms with Gasteiger partial charge in [0.2, 0.25) is 0 Å². The first-order valence-corrected chi connectivity index (χ1v) is 10.4. The summed E-state index contributed by atoms with van der Waals surface area (Å²) >= 11 is 0. The minimum Gasteiger partial charge on any atom is -0.494 e. The monoisotopic (exact) mass is 438 g/mol. The van der Waals surface area contributed by atoms with Crippen LogP contribution in [0.15, 0.2) is 54.6 Å². The van der Waals surface area contributed by atoms with Crippen LogP contribution >= 0.6 is 0 Å². The number of aromatic nitrogens is 1. The Hall–Kier alpha value is -3.58. The molecule has 7 heteroatoms. The predicted octanol–water partition coefficient (Wildman–Crippen LogP) is 4.25. The second-order valence-electron chi connectivity index (χ2n) is 7.36. The zero-order chi connectivity index (χ0) is 23.7. The summed E-state index contributed by atoms with van der Waals surface area (Å²) in [5.74, 6) is -2.73. The molecule has 0 aliphatic rings. The van der Waals surface area contributed by atoms with Crippen molar-refractivity contribution in [3.05, 3.63) is 82.7 Å². The van der Waals surface area contributed by atoms with Crippen LogP contribution in [0, 0.1) is 20.8 Å². The maximum Gasteiger partial charge on any atom is 0.414 e. The number of hydrogen-bond donors (Lipinski definition) is 3. The van der Waals surface area contributed by atoms with E-state index >= 15 is 0 Å². The molecule has 0 saturated carbocycles. The van der Waals surface area contributed by atoms with Crippen LogP contribution in [0.1, 0.15) is 35.0 Å². The lowest BCUT2D eigenvalue weighted by Crippen LogP contribution is -2.13. The van der Waals surface area contributed by atoms with Crippen molar-refractivity contribution in [3.8, 4) is 11.4 Å². The van der Waals surface area contributed by atoms with Crippen molar-refractivity contribution >= 4 is 11.9 Å². The molecule has 0 aliphatic carbocycles. The maximum atomic E-state index is 9.10. The minimum absolute atomic E-state index is 0.692. The number of aliphatic carboxylic acids is 2. The van der Waals surface area contributed by atoms with Gasteiger partial charge in [-0.1, -0.05) is 29.8 Å². The van der Waals surface area contributed by atoms with Gasteiger partial charge in [-0.25, -0.2) is 9.59 Å². The van der Waals surface area contributed by atoms with Crippen molar-refractivity contribution in [2.75, 3.05) is 6.61 Å². The van der Waals surface area contributed by atoms with E-state index in [4.69, 9.17) is 24.5 Å². The Morgan fingerprint density at radius 2 is 1.50 bits per heavy atom. The Kier molecular flexibility index (Phi) is 9.04. The summed E-state index contributed by atoms with van der Waals surface area (Å²) < 4.78 is 7.85. The van der Waals surface area contributed by atoms with Crippen LogP contribution in [-0.4, -0.2) is 33.3 Å². The zero-order valence-electron chi connectivity index (χ0n) is 18.9. The molecular weight excluding hydrogens is 408 g/mol. The second-order valence-corrected chi connectivity index (χ2v) is 7.36. The third-order valence-corrected chi connectivity index (χ3v) is 4.89. The average Bonchev–Trinajstić information content (AvgIpc) is 3.04. The van der Waals surface area contributed by atoms with Crippen molar-refractivity contribution in [2.24, 2.45) is 0 Å². The Labute approximate surface area is 188 Å². The van der Waals surface area contributed by atoms with Gasteiger partial charge in [-0.05, 0) is 69.2 Å². The Morgan fingerprint density at radius 3 is 2.03 bits per heavy atom. The Balaban J connectivity index is 0.000000534. The number of rotatable bonds is 7. The maximum absolute atomic E-state index is 9.10. The number of hydrogen-bond acceptors (Lipinski definition) is 4. The van der Waals surface area contributed by atoms with Crippen LogP contribution in [0.4, 0.5) is 0 Å². The highest BCUT2D eigenvalue weighted by Gasteiger charge is 2.10. The van der Waals surface area contributed by atoms with Gasteiger partial charge in [0.05, 0.1) is 6.61 Å². The molecule has 170 valence electrons. The van der Waals surface area contributed by atoms with Crippen LogP contribution in [-0.2, 0) is 22.7 Å². The lowest BCUT2D eigenvalue weighted by atomic mass is 10.1. The molecule has 0 saturated heterocycles. The molecule has 2 aromatic carbocycles. The van der Waals surface area contributed by atoms with E-state index in [2.05, 4.69) is 73.1 Å². The molecule has 0 bridgehead atoms. The van der Waals surface area contributed by atoms with Crippen molar-refractivity contribution in [1.29, 1.82) is 0 Å². The molecule has 0 spiro atoms. The summed E-state index contributed by atoms with van der Waals surface area (Å²) in [6.07, 6.45) is 0. The minimum atomic E-state index is -1.82. The van der Waals surface area contributed by atoms with E-state index in [9.17, 15) is 0 Å². The van der Waals surface area contributed by atoms with Crippen LogP contribution < -0.4 is 10.1 Å². The molecule has 32 heavy (non-hydrogen) atoms. The fraction of sp³-hybridized carbons (Fsp3) is 0.280. The third kappa shape index (κ3) is 6.99. The number of nitrogens with zero attached hydrogens (tertiary/aromatic N) is 1. The first kappa shape index (κ1) is 24.7. The molecule has 0 atom stereocenters. The normalized spacial score (nSPS) is 10.2. The quantitative estimate of drug-likeness (QED) is 0.477. The molecule has 0 amide bonds. The third-order valence-electron chi connectivity index (χ3n) is 4.89. The van der Waals surface area contributed by atoms with E-state index in [1.165, 1.54) is 33.8 Å². The molecule has 1 aromatic heterocycles. The average molecular weight is 439 g/mol. The zero-order valence-corrected chi connectivity index (χ0v) is 18.9. The lowest BCUT2D eigenvalue weighted by molar-refractivity contribution is -0.159. The van der Waals surface area contributed by atoms with E-state index in [-0.39, 0.29) is 0 Å². The largest absolute Gasteiger partial charge is 0.494 e. The molecule has 3 aromatic rings. The van der Waals surface area contributed by atoms with Crippen molar-refractivity contribution in [3.63, 3.8) is 0 Å². The van der Waals surface area contributed by atoms with Gasteiger partial charge in [0.1, 0.15) is 5.75 Å². The summed E-state index contributed by atoms with van der Waals surface area (Å²) in [7, 11) is 0. The molecule has 0 aliphatic heterocycles. The molecule has 0 unspecified atom stereocenters. The molecule has 0 radical (unpaired) electrons. The summed E-state index contributed by atoms with van der Waals surface area (Å²) in [6, 6.07) is 19.3. The van der Waals surface area contributed by atoms with Crippen molar-refractivity contribution in [2.45, 2.75) is 40.8 Å². The van der Waals surface area contributed by atoms with Gasteiger partial charge in [-0.15, -0.1) is 0 Å². The van der Waals surface area contributed by atoms with E-state index in [0.717, 1.165) is 18.8 Å². The van der Waals surface area contributed by atoms with Crippen LogP contribution in [0.25, 0.3) is 5.69 Å². The van der Waals surface area contributed by atoms with Crippen molar-refractivity contribution in [1.82, 2.24) is 9.88 Å². The number of carbonyl (C=O) groups is 2. The standard InChI is InChI=1S/C23H28N2O.C2H2O4/c1-5-26-23-12-10-22(11-13-23)25-18(3)14-21(19(25)4)16-24-15-20-8-6-17(2)7-9-20;3-1(4)2(5)6/h6-14,24H,5,15-16H2,1-4H3;(H,3,4)(H,5,6). The van der Waals surface area contributed by atoms with Crippen LogP contribution in [0.5, 0.6) is 5.75 Å². The topological polar surface area (TPSA) is 101 Å². The van der Waals surface area contributed by atoms with Gasteiger partial charge in [0.15, 0.2) is 0 Å². The summed E-state index contributed by atoms with van der Waals surface area (Å²) in [4.78, 5) is 18.2. The lowest BCUT2D eigenvalue weighted by Gasteiger charge is -2.11. The van der Waals surface area contributed by atoms with Gasteiger partial charge in [0.25, 0.3) is 0 Å². The summed E-state index contributed by atoms with van der Waals surface area (Å²) in [6.45, 7) is 10.9. The van der Waals surface area contributed by atoms with Gasteiger partial charge in [0, 0.05) is 30.2 Å². The number of aryl methyl sites for hydroxylation is 2. The molecule has 3 N–H and O–H groups in total. The number of nitrogens with one attached hydrogen (secondary N) is 1. The molecular formula is C25H30N2O5. The number of benzene rings is 2. The molecule has 3 rings (SSSR count). The van der Waals surface area contributed by atoms with E-state index in [1.54, 1.807) is 0 Å². The smallest absolute Gasteiger partial charge is 0.414 e. The van der Waals surface area contributed by atoms with Gasteiger partial charge in [-0.2, -0.15) is 0 Å². The summed E-state index contributed by atoms with van der Waals surface area (Å²) in [5.41, 5.74) is 7.65. The van der Waals surface area contributed by atoms with Gasteiger partial charge < -0.3 is 24.8 Å². The van der Waals surface area contributed by atoms with Gasteiger partial charge >= 0.3 is 11.9 Å². The van der Waals surface area contributed by atoms with Crippen LogP contribution in [0.2, 0.25) is 0 Å². The number of ether oxygens (including phenoxy) is 1. The van der Waals surface area contributed by atoms with Crippen LogP contribution in [0.3, 0.4) is 0 Å².